The molecule has 0 aliphatic carbocycles. The zero-order chi connectivity index (χ0) is 10.6. The van der Waals surface area contributed by atoms with Crippen molar-refractivity contribution < 1.29 is 9.84 Å². The molecule has 0 atom stereocenters. The largest absolute Gasteiger partial charge is 0.473 e. The number of hydrogen-bond donors (Lipinski definition) is 1. The molecule has 14 heavy (non-hydrogen) atoms. The van der Waals surface area contributed by atoms with Gasteiger partial charge in [-0.2, -0.15) is 10.4 Å². The Bertz CT molecular complexity index is 371. The molecule has 74 valence electrons. The first-order valence-corrected chi connectivity index (χ1v) is 4.18. The molecule has 0 radical (unpaired) electrons. The molecule has 0 aliphatic rings. The zero-order valence-corrected chi connectivity index (χ0v) is 8.11. The van der Waals surface area contributed by atoms with Gasteiger partial charge >= 0.3 is 0 Å². The molecule has 1 rings (SSSR count). The summed E-state index contributed by atoms with van der Waals surface area (Å²) in [6.45, 7) is 3.57. The maximum atomic E-state index is 8.86. The molecule has 0 aliphatic heterocycles. The third kappa shape index (κ3) is 1.98. The Morgan fingerprint density at radius 1 is 1.43 bits per heavy atom. The van der Waals surface area contributed by atoms with Gasteiger partial charge in [0.2, 0.25) is 0 Å². The van der Waals surface area contributed by atoms with Crippen LogP contribution in [0.4, 0.5) is 0 Å². The summed E-state index contributed by atoms with van der Waals surface area (Å²) in [6.07, 6.45) is 0. The second-order valence-corrected chi connectivity index (χ2v) is 2.77. The Hall–Kier alpha value is -1.67. The summed E-state index contributed by atoms with van der Waals surface area (Å²) < 4.78 is 5.07. The summed E-state index contributed by atoms with van der Waals surface area (Å²) in [7, 11) is 0. The average molecular weight is 193 g/mol. The molecule has 1 N–H and O–H groups in total. The third-order valence-electron chi connectivity index (χ3n) is 1.86. The van der Waals surface area contributed by atoms with Crippen LogP contribution in [-0.4, -0.2) is 28.5 Å². The van der Waals surface area contributed by atoms with Crippen molar-refractivity contribution in [2.45, 2.75) is 13.8 Å². The first-order valence-electron chi connectivity index (χ1n) is 4.18. The molecule has 0 saturated heterocycles. The van der Waals surface area contributed by atoms with E-state index in [0.29, 0.717) is 11.3 Å². The van der Waals surface area contributed by atoms with E-state index in [1.807, 2.05) is 6.07 Å². The van der Waals surface area contributed by atoms with Crippen molar-refractivity contribution in [1.82, 2.24) is 10.2 Å². The molecule has 0 unspecified atom stereocenters. The van der Waals surface area contributed by atoms with Crippen LogP contribution in [-0.2, 0) is 0 Å². The summed E-state index contributed by atoms with van der Waals surface area (Å²) in [4.78, 5) is 0. The molecule has 0 saturated carbocycles. The zero-order valence-electron chi connectivity index (χ0n) is 8.11. The van der Waals surface area contributed by atoms with E-state index >= 15 is 0 Å². The minimum absolute atomic E-state index is 0.112. The molecule has 1 aromatic rings. The average Bonchev–Trinajstić information content (AvgIpc) is 2.20. The van der Waals surface area contributed by atoms with Crippen molar-refractivity contribution >= 4 is 0 Å². The van der Waals surface area contributed by atoms with Crippen molar-refractivity contribution in [1.29, 1.82) is 5.26 Å². The van der Waals surface area contributed by atoms with Crippen LogP contribution in [0.5, 0.6) is 5.88 Å². The minimum atomic E-state index is -0.112. The van der Waals surface area contributed by atoms with Gasteiger partial charge in [-0.3, -0.25) is 0 Å². The molecule has 0 amide bonds. The van der Waals surface area contributed by atoms with E-state index in [-0.39, 0.29) is 19.1 Å². The number of nitrogens with zero attached hydrogens (tertiary/aromatic N) is 3. The fraction of sp³-hybridized carbons (Fsp3) is 0.444. The minimum Gasteiger partial charge on any atom is -0.473 e. The molecule has 0 fully saturated rings. The molecular weight excluding hydrogens is 182 g/mol. The molecule has 0 aromatic carbocycles. The van der Waals surface area contributed by atoms with Crippen LogP contribution < -0.4 is 4.74 Å². The number of ether oxygens (including phenoxy) is 1. The van der Waals surface area contributed by atoms with Crippen LogP contribution >= 0.6 is 0 Å². The maximum Gasteiger partial charge on any atom is 0.251 e. The Kier molecular flexibility index (Phi) is 3.37. The van der Waals surface area contributed by atoms with Crippen LogP contribution in [0.2, 0.25) is 0 Å². The highest BCUT2D eigenvalue weighted by molar-refractivity contribution is 5.44. The fourth-order valence-electron chi connectivity index (χ4n) is 0.962. The van der Waals surface area contributed by atoms with Crippen LogP contribution in [0.3, 0.4) is 0 Å². The van der Waals surface area contributed by atoms with Crippen LogP contribution in [0, 0.1) is 25.2 Å². The molecule has 1 heterocycles. The standard InChI is InChI=1S/C9H11N3O2/c1-6-7(2)11-12-9(8(6)5-10)14-4-3-13/h13H,3-4H2,1-2H3. The van der Waals surface area contributed by atoms with Gasteiger partial charge in [-0.1, -0.05) is 0 Å². The topological polar surface area (TPSA) is 79.0 Å². The highest BCUT2D eigenvalue weighted by Gasteiger charge is 2.11. The molecule has 0 spiro atoms. The van der Waals surface area contributed by atoms with Crippen LogP contribution in [0.15, 0.2) is 0 Å². The summed E-state index contributed by atoms with van der Waals surface area (Å²) in [5.74, 6) is 0.185. The molecule has 5 nitrogen and oxygen atoms in total. The van der Waals surface area contributed by atoms with Gasteiger partial charge in [0.15, 0.2) is 0 Å². The van der Waals surface area contributed by atoms with E-state index in [1.165, 1.54) is 0 Å². The lowest BCUT2D eigenvalue weighted by Gasteiger charge is -2.07. The lowest BCUT2D eigenvalue weighted by molar-refractivity contribution is 0.195. The number of hydrogen-bond acceptors (Lipinski definition) is 5. The Labute approximate surface area is 82.0 Å². The van der Waals surface area contributed by atoms with Gasteiger partial charge in [0.05, 0.1) is 12.3 Å². The summed E-state index contributed by atoms with van der Waals surface area (Å²) >= 11 is 0. The van der Waals surface area contributed by atoms with Gasteiger partial charge in [-0.25, -0.2) is 0 Å². The van der Waals surface area contributed by atoms with Gasteiger partial charge in [0.1, 0.15) is 18.2 Å². The second-order valence-electron chi connectivity index (χ2n) is 2.77. The number of rotatable bonds is 3. The number of aliphatic hydroxyl groups is 1. The quantitative estimate of drug-likeness (QED) is 0.748. The normalized spacial score (nSPS) is 9.57. The maximum absolute atomic E-state index is 8.86. The Balaban J connectivity index is 3.06. The number of aryl methyl sites for hydroxylation is 1. The van der Waals surface area contributed by atoms with Crippen molar-refractivity contribution in [3.05, 3.63) is 16.8 Å². The van der Waals surface area contributed by atoms with Crippen molar-refractivity contribution in [3.63, 3.8) is 0 Å². The van der Waals surface area contributed by atoms with E-state index in [9.17, 15) is 0 Å². The molecular formula is C9H11N3O2. The van der Waals surface area contributed by atoms with E-state index in [1.54, 1.807) is 13.8 Å². The van der Waals surface area contributed by atoms with E-state index in [0.717, 1.165) is 5.56 Å². The number of aliphatic hydroxyl groups excluding tert-OH is 1. The summed E-state index contributed by atoms with van der Waals surface area (Å²) in [5, 5.41) is 25.0. The predicted octanol–water partition coefficient (Wildman–Crippen LogP) is 0.336. The summed E-state index contributed by atoms with van der Waals surface area (Å²) in [5.41, 5.74) is 1.85. The molecule has 1 aromatic heterocycles. The van der Waals surface area contributed by atoms with Crippen LogP contribution in [0.25, 0.3) is 0 Å². The first kappa shape index (κ1) is 10.4. The lowest BCUT2D eigenvalue weighted by atomic mass is 10.1. The third-order valence-corrected chi connectivity index (χ3v) is 1.86. The van der Waals surface area contributed by atoms with E-state index in [2.05, 4.69) is 10.2 Å². The number of nitriles is 1. The summed E-state index contributed by atoms with van der Waals surface area (Å²) in [6, 6.07) is 2.00. The second kappa shape index (κ2) is 4.53. The highest BCUT2D eigenvalue weighted by atomic mass is 16.5. The first-order chi connectivity index (χ1) is 6.70. The highest BCUT2D eigenvalue weighted by Crippen LogP contribution is 2.18. The van der Waals surface area contributed by atoms with Crippen LogP contribution in [0.1, 0.15) is 16.8 Å². The SMILES string of the molecule is Cc1nnc(OCCO)c(C#N)c1C. The monoisotopic (exact) mass is 193 g/mol. The lowest BCUT2D eigenvalue weighted by Crippen LogP contribution is -2.07. The Morgan fingerprint density at radius 2 is 2.14 bits per heavy atom. The van der Waals surface area contributed by atoms with Gasteiger partial charge in [0, 0.05) is 0 Å². The molecule has 5 heteroatoms. The molecule has 0 bridgehead atoms. The van der Waals surface area contributed by atoms with Gasteiger partial charge in [-0.15, -0.1) is 5.10 Å². The van der Waals surface area contributed by atoms with Crippen molar-refractivity contribution in [3.8, 4) is 11.9 Å². The Morgan fingerprint density at radius 3 is 2.71 bits per heavy atom. The van der Waals surface area contributed by atoms with E-state index < -0.39 is 0 Å². The predicted molar refractivity (Wildman–Crippen MR) is 48.8 cm³/mol. The van der Waals surface area contributed by atoms with E-state index in [4.69, 9.17) is 15.1 Å². The van der Waals surface area contributed by atoms with Gasteiger partial charge in [0.25, 0.3) is 5.88 Å². The number of aromatic nitrogens is 2. The van der Waals surface area contributed by atoms with Gasteiger partial charge in [-0.05, 0) is 19.4 Å². The fourth-order valence-corrected chi connectivity index (χ4v) is 0.962. The smallest absolute Gasteiger partial charge is 0.251 e. The van der Waals surface area contributed by atoms with Gasteiger partial charge < -0.3 is 9.84 Å². The van der Waals surface area contributed by atoms with Crippen molar-refractivity contribution in [2.24, 2.45) is 0 Å². The van der Waals surface area contributed by atoms with Crippen molar-refractivity contribution in [2.75, 3.05) is 13.2 Å².